The summed E-state index contributed by atoms with van der Waals surface area (Å²) in [7, 11) is 0. The molecule has 24 heavy (non-hydrogen) atoms. The van der Waals surface area contributed by atoms with E-state index in [1.807, 2.05) is 19.9 Å². The van der Waals surface area contributed by atoms with Gasteiger partial charge in [-0.3, -0.25) is 0 Å². The first-order valence-electron chi connectivity index (χ1n) is 7.14. The SMILES string of the molecule is Cc1cc(C)n(-c2nccc(Nc3cccc(C(F)(F)F)c3)n2)n1. The number of aryl methyl sites for hydroxylation is 2. The summed E-state index contributed by atoms with van der Waals surface area (Å²) in [5, 5.41) is 7.15. The van der Waals surface area contributed by atoms with E-state index in [1.54, 1.807) is 16.8 Å². The largest absolute Gasteiger partial charge is 0.416 e. The van der Waals surface area contributed by atoms with Gasteiger partial charge in [-0.15, -0.1) is 0 Å². The Morgan fingerprint density at radius 3 is 2.54 bits per heavy atom. The molecule has 0 amide bonds. The molecule has 8 heteroatoms. The molecule has 0 aliphatic rings. The van der Waals surface area contributed by atoms with Crippen LogP contribution < -0.4 is 5.32 Å². The van der Waals surface area contributed by atoms with E-state index in [-0.39, 0.29) is 0 Å². The average Bonchev–Trinajstić information content (AvgIpc) is 2.86. The molecule has 0 atom stereocenters. The van der Waals surface area contributed by atoms with Crippen LogP contribution in [-0.2, 0) is 6.18 Å². The van der Waals surface area contributed by atoms with Gasteiger partial charge in [0.15, 0.2) is 0 Å². The van der Waals surface area contributed by atoms with Gasteiger partial charge in [0, 0.05) is 17.6 Å². The predicted molar refractivity (Wildman–Crippen MR) is 83.4 cm³/mol. The quantitative estimate of drug-likeness (QED) is 0.786. The standard InChI is InChI=1S/C16H14F3N5/c1-10-8-11(2)24(23-10)15-20-7-6-14(22-15)21-13-5-3-4-12(9-13)16(17,18)19/h3-9H,1-2H3,(H,20,21,22). The van der Waals surface area contributed by atoms with Crippen LogP contribution in [-0.4, -0.2) is 19.7 Å². The van der Waals surface area contributed by atoms with Crippen molar-refractivity contribution >= 4 is 11.5 Å². The first-order valence-corrected chi connectivity index (χ1v) is 7.14. The lowest BCUT2D eigenvalue weighted by molar-refractivity contribution is -0.137. The molecule has 5 nitrogen and oxygen atoms in total. The lowest BCUT2D eigenvalue weighted by Gasteiger charge is -2.11. The van der Waals surface area contributed by atoms with Crippen LogP contribution in [0.1, 0.15) is 17.0 Å². The predicted octanol–water partition coefficient (Wildman–Crippen LogP) is 4.04. The van der Waals surface area contributed by atoms with Crippen molar-refractivity contribution in [3.8, 4) is 5.95 Å². The number of nitrogens with zero attached hydrogens (tertiary/aromatic N) is 4. The molecule has 0 fully saturated rings. The summed E-state index contributed by atoms with van der Waals surface area (Å²) in [4.78, 5) is 8.45. The van der Waals surface area contributed by atoms with Crippen molar-refractivity contribution in [2.24, 2.45) is 0 Å². The minimum absolute atomic E-state index is 0.294. The smallest absolute Gasteiger partial charge is 0.340 e. The van der Waals surface area contributed by atoms with E-state index in [0.717, 1.165) is 23.5 Å². The van der Waals surface area contributed by atoms with Crippen LogP contribution in [0, 0.1) is 13.8 Å². The zero-order valence-electron chi connectivity index (χ0n) is 13.0. The second-order valence-electron chi connectivity index (χ2n) is 5.28. The number of nitrogens with one attached hydrogen (secondary N) is 1. The van der Waals surface area contributed by atoms with Gasteiger partial charge in [0.1, 0.15) is 5.82 Å². The summed E-state index contributed by atoms with van der Waals surface area (Å²) in [6.45, 7) is 3.73. The Morgan fingerprint density at radius 2 is 1.88 bits per heavy atom. The minimum Gasteiger partial charge on any atom is -0.340 e. The Hall–Kier alpha value is -2.90. The second kappa shape index (κ2) is 5.95. The number of aromatic nitrogens is 4. The summed E-state index contributed by atoms with van der Waals surface area (Å²) in [5.74, 6) is 0.726. The molecule has 2 heterocycles. The molecule has 0 aliphatic heterocycles. The molecule has 0 unspecified atom stereocenters. The molecule has 0 aliphatic carbocycles. The zero-order valence-corrected chi connectivity index (χ0v) is 13.0. The lowest BCUT2D eigenvalue weighted by Crippen LogP contribution is -2.07. The maximum Gasteiger partial charge on any atom is 0.416 e. The van der Waals surface area contributed by atoms with Crippen molar-refractivity contribution in [3.63, 3.8) is 0 Å². The second-order valence-corrected chi connectivity index (χ2v) is 5.28. The normalized spacial score (nSPS) is 11.5. The molecule has 3 rings (SSSR count). The van der Waals surface area contributed by atoms with Crippen LogP contribution in [0.4, 0.5) is 24.7 Å². The van der Waals surface area contributed by atoms with Crippen LogP contribution in [0.3, 0.4) is 0 Å². The molecule has 0 bridgehead atoms. The maximum atomic E-state index is 12.8. The number of anilines is 2. The van der Waals surface area contributed by atoms with Gasteiger partial charge in [-0.1, -0.05) is 6.07 Å². The molecule has 0 radical (unpaired) electrons. The highest BCUT2D eigenvalue weighted by molar-refractivity contribution is 5.57. The highest BCUT2D eigenvalue weighted by Crippen LogP contribution is 2.31. The highest BCUT2D eigenvalue weighted by Gasteiger charge is 2.30. The van der Waals surface area contributed by atoms with E-state index in [1.165, 1.54) is 12.3 Å². The van der Waals surface area contributed by atoms with Crippen LogP contribution >= 0.6 is 0 Å². The molecular formula is C16H14F3N5. The Bertz CT molecular complexity index is 870. The number of hydrogen-bond donors (Lipinski definition) is 1. The number of hydrogen-bond acceptors (Lipinski definition) is 4. The molecule has 0 saturated heterocycles. The van der Waals surface area contributed by atoms with Gasteiger partial charge in [0.05, 0.1) is 11.3 Å². The topological polar surface area (TPSA) is 55.6 Å². The first-order chi connectivity index (χ1) is 11.3. The van der Waals surface area contributed by atoms with Gasteiger partial charge in [-0.25, -0.2) is 9.67 Å². The summed E-state index contributed by atoms with van der Waals surface area (Å²) < 4.78 is 39.9. The van der Waals surface area contributed by atoms with Crippen molar-refractivity contribution in [1.82, 2.24) is 19.7 Å². The Balaban J connectivity index is 1.89. The van der Waals surface area contributed by atoms with Gasteiger partial charge in [-0.2, -0.15) is 23.3 Å². The first kappa shape index (κ1) is 16.0. The van der Waals surface area contributed by atoms with Crippen LogP contribution in [0.2, 0.25) is 0 Å². The van der Waals surface area contributed by atoms with E-state index in [0.29, 0.717) is 17.5 Å². The number of rotatable bonds is 3. The Labute approximate surface area is 136 Å². The maximum absolute atomic E-state index is 12.8. The molecule has 1 N–H and O–H groups in total. The third kappa shape index (κ3) is 3.37. The fourth-order valence-electron chi connectivity index (χ4n) is 2.27. The lowest BCUT2D eigenvalue weighted by atomic mass is 10.2. The van der Waals surface area contributed by atoms with E-state index in [2.05, 4.69) is 20.4 Å². The van der Waals surface area contributed by atoms with Crippen LogP contribution in [0.25, 0.3) is 5.95 Å². The van der Waals surface area contributed by atoms with Crippen molar-refractivity contribution in [2.75, 3.05) is 5.32 Å². The van der Waals surface area contributed by atoms with Gasteiger partial charge in [-0.05, 0) is 44.2 Å². The van der Waals surface area contributed by atoms with Crippen molar-refractivity contribution in [1.29, 1.82) is 0 Å². The van der Waals surface area contributed by atoms with Gasteiger partial charge >= 0.3 is 6.18 Å². The molecule has 3 aromatic rings. The van der Waals surface area contributed by atoms with Crippen molar-refractivity contribution in [2.45, 2.75) is 20.0 Å². The van der Waals surface area contributed by atoms with Crippen molar-refractivity contribution < 1.29 is 13.2 Å². The van der Waals surface area contributed by atoms with Crippen LogP contribution in [0.5, 0.6) is 0 Å². The molecule has 124 valence electrons. The summed E-state index contributed by atoms with van der Waals surface area (Å²) >= 11 is 0. The van der Waals surface area contributed by atoms with Crippen molar-refractivity contribution in [3.05, 3.63) is 59.5 Å². The third-order valence-corrected chi connectivity index (χ3v) is 3.30. The third-order valence-electron chi connectivity index (χ3n) is 3.30. The molecule has 2 aromatic heterocycles. The van der Waals surface area contributed by atoms with Gasteiger partial charge < -0.3 is 5.32 Å². The summed E-state index contributed by atoms with van der Waals surface area (Å²) in [6.07, 6.45) is -2.87. The van der Waals surface area contributed by atoms with E-state index < -0.39 is 11.7 Å². The van der Waals surface area contributed by atoms with Crippen LogP contribution in [0.15, 0.2) is 42.6 Å². The molecule has 1 aromatic carbocycles. The fraction of sp³-hybridized carbons (Fsp3) is 0.188. The van der Waals surface area contributed by atoms with Gasteiger partial charge in [0.25, 0.3) is 5.95 Å². The van der Waals surface area contributed by atoms with E-state index >= 15 is 0 Å². The molecule has 0 saturated carbocycles. The number of halogens is 3. The zero-order chi connectivity index (χ0) is 17.3. The summed E-state index contributed by atoms with van der Waals surface area (Å²) in [6, 6.07) is 8.40. The fourth-order valence-corrected chi connectivity index (χ4v) is 2.27. The molecule has 0 spiro atoms. The molecular weight excluding hydrogens is 319 g/mol. The average molecular weight is 333 g/mol. The summed E-state index contributed by atoms with van der Waals surface area (Å²) in [5.41, 5.74) is 1.26. The highest BCUT2D eigenvalue weighted by atomic mass is 19.4. The monoisotopic (exact) mass is 333 g/mol. The Kier molecular flexibility index (Phi) is 3.96. The number of alkyl halides is 3. The number of benzene rings is 1. The van der Waals surface area contributed by atoms with Gasteiger partial charge in [0.2, 0.25) is 0 Å². The minimum atomic E-state index is -4.39. The van der Waals surface area contributed by atoms with E-state index in [4.69, 9.17) is 0 Å². The Morgan fingerprint density at radius 1 is 1.08 bits per heavy atom. The van der Waals surface area contributed by atoms with E-state index in [9.17, 15) is 13.2 Å².